The van der Waals surface area contributed by atoms with Gasteiger partial charge < -0.3 is 4.98 Å². The minimum atomic E-state index is -0.0381. The smallest absolute Gasteiger partial charge is 0.335 e. The van der Waals surface area contributed by atoms with Crippen LogP contribution in [0.3, 0.4) is 0 Å². The monoisotopic (exact) mass is 266 g/mol. The van der Waals surface area contributed by atoms with Crippen molar-refractivity contribution in [3.05, 3.63) is 48.0 Å². The van der Waals surface area contributed by atoms with Crippen molar-refractivity contribution in [3.8, 4) is 0 Å². The highest BCUT2D eigenvalue weighted by Crippen LogP contribution is 2.37. The Kier molecular flexibility index (Phi) is 2.10. The van der Waals surface area contributed by atoms with Gasteiger partial charge in [-0.2, -0.15) is 0 Å². The van der Waals surface area contributed by atoms with E-state index in [0.717, 1.165) is 22.3 Å². The van der Waals surface area contributed by atoms with Gasteiger partial charge in [-0.15, -0.1) is 0 Å². The zero-order chi connectivity index (χ0) is 13.9. The SMILES string of the molecule is Cc1[nH]cnc1N1C(=O)n2c(cc3ccccc32)C1C. The van der Waals surface area contributed by atoms with Crippen molar-refractivity contribution in [2.75, 3.05) is 4.90 Å². The molecular weight excluding hydrogens is 252 g/mol. The summed E-state index contributed by atoms with van der Waals surface area (Å²) in [5, 5.41) is 1.10. The lowest BCUT2D eigenvalue weighted by Gasteiger charge is -2.19. The number of aromatic nitrogens is 3. The average Bonchev–Trinajstić information content (AvgIpc) is 3.07. The van der Waals surface area contributed by atoms with E-state index in [-0.39, 0.29) is 12.1 Å². The maximum Gasteiger partial charge on any atom is 0.335 e. The first kappa shape index (κ1) is 11.3. The molecular formula is C15H14N4O. The number of hydrogen-bond donors (Lipinski definition) is 1. The fraction of sp³-hybridized carbons (Fsp3) is 0.200. The molecule has 1 aliphatic heterocycles. The molecule has 0 spiro atoms. The second-order valence-electron chi connectivity index (χ2n) is 5.14. The molecule has 0 radical (unpaired) electrons. The molecule has 5 nitrogen and oxygen atoms in total. The Morgan fingerprint density at radius 2 is 2.10 bits per heavy atom. The van der Waals surface area contributed by atoms with E-state index in [1.54, 1.807) is 15.8 Å². The molecule has 0 saturated heterocycles. The minimum absolute atomic E-state index is 0.0168. The Labute approximate surface area is 115 Å². The molecule has 2 aromatic heterocycles. The van der Waals surface area contributed by atoms with E-state index >= 15 is 0 Å². The third-order valence-corrected chi connectivity index (χ3v) is 3.98. The van der Waals surface area contributed by atoms with E-state index in [9.17, 15) is 4.79 Å². The van der Waals surface area contributed by atoms with Gasteiger partial charge in [0.15, 0.2) is 5.82 Å². The maximum absolute atomic E-state index is 12.8. The molecule has 3 aromatic rings. The number of imidazole rings is 1. The number of rotatable bonds is 1. The third kappa shape index (κ3) is 1.27. The van der Waals surface area contributed by atoms with Crippen LogP contribution in [0.25, 0.3) is 10.9 Å². The topological polar surface area (TPSA) is 53.9 Å². The van der Waals surface area contributed by atoms with Gasteiger partial charge in [-0.3, -0.25) is 9.47 Å². The molecule has 3 heterocycles. The van der Waals surface area contributed by atoms with E-state index in [0.29, 0.717) is 5.82 Å². The quantitative estimate of drug-likeness (QED) is 0.735. The highest BCUT2D eigenvalue weighted by Gasteiger charge is 2.37. The maximum atomic E-state index is 12.8. The van der Waals surface area contributed by atoms with Crippen LogP contribution in [0.5, 0.6) is 0 Å². The van der Waals surface area contributed by atoms with Crippen LogP contribution in [0.1, 0.15) is 24.4 Å². The van der Waals surface area contributed by atoms with Gasteiger partial charge >= 0.3 is 6.03 Å². The first-order valence-corrected chi connectivity index (χ1v) is 6.62. The number of amides is 1. The summed E-state index contributed by atoms with van der Waals surface area (Å²) in [6.45, 7) is 3.96. The van der Waals surface area contributed by atoms with Crippen molar-refractivity contribution in [1.29, 1.82) is 0 Å². The van der Waals surface area contributed by atoms with Crippen LogP contribution in [0.15, 0.2) is 36.7 Å². The molecule has 0 saturated carbocycles. The van der Waals surface area contributed by atoms with Crippen molar-refractivity contribution in [2.45, 2.75) is 19.9 Å². The normalized spacial score (nSPS) is 18.0. The summed E-state index contributed by atoms with van der Waals surface area (Å²) >= 11 is 0. The summed E-state index contributed by atoms with van der Waals surface area (Å²) in [7, 11) is 0. The van der Waals surface area contributed by atoms with Gasteiger partial charge in [-0.25, -0.2) is 9.78 Å². The first-order valence-electron chi connectivity index (χ1n) is 6.62. The molecule has 20 heavy (non-hydrogen) atoms. The molecule has 0 bridgehead atoms. The molecule has 0 fully saturated rings. The van der Waals surface area contributed by atoms with Crippen LogP contribution in [0, 0.1) is 6.92 Å². The van der Waals surface area contributed by atoms with E-state index in [1.165, 1.54) is 0 Å². The molecule has 1 aromatic carbocycles. The number of carbonyl (C=O) groups is 1. The lowest BCUT2D eigenvalue weighted by atomic mass is 10.2. The predicted molar refractivity (Wildman–Crippen MR) is 77.0 cm³/mol. The van der Waals surface area contributed by atoms with Crippen LogP contribution in [0.4, 0.5) is 10.6 Å². The number of carbonyl (C=O) groups excluding carboxylic acids is 1. The van der Waals surface area contributed by atoms with E-state index < -0.39 is 0 Å². The molecule has 5 heteroatoms. The van der Waals surface area contributed by atoms with Crippen molar-refractivity contribution in [2.24, 2.45) is 0 Å². The zero-order valence-electron chi connectivity index (χ0n) is 11.3. The Morgan fingerprint density at radius 3 is 2.85 bits per heavy atom. The van der Waals surface area contributed by atoms with Gasteiger partial charge in [0.05, 0.1) is 29.3 Å². The lowest BCUT2D eigenvalue weighted by molar-refractivity contribution is 0.250. The summed E-state index contributed by atoms with van der Waals surface area (Å²) in [6, 6.07) is 9.98. The van der Waals surface area contributed by atoms with Crippen LogP contribution in [-0.4, -0.2) is 20.6 Å². The Bertz CT molecular complexity index is 829. The molecule has 1 aliphatic rings. The second kappa shape index (κ2) is 3.72. The van der Waals surface area contributed by atoms with Crippen molar-refractivity contribution >= 4 is 22.8 Å². The average molecular weight is 266 g/mol. The summed E-state index contributed by atoms with van der Waals surface area (Å²) in [4.78, 5) is 21.8. The summed E-state index contributed by atoms with van der Waals surface area (Å²) in [5.74, 6) is 0.704. The number of nitrogens with one attached hydrogen (secondary N) is 1. The number of H-pyrrole nitrogens is 1. The zero-order valence-corrected chi connectivity index (χ0v) is 11.3. The van der Waals surface area contributed by atoms with Crippen LogP contribution in [0.2, 0.25) is 0 Å². The second-order valence-corrected chi connectivity index (χ2v) is 5.14. The number of nitrogens with zero attached hydrogens (tertiary/aromatic N) is 3. The number of aromatic amines is 1. The van der Waals surface area contributed by atoms with E-state index in [4.69, 9.17) is 0 Å². The molecule has 1 atom stereocenters. The number of hydrogen-bond acceptors (Lipinski definition) is 2. The van der Waals surface area contributed by atoms with Crippen molar-refractivity contribution in [1.82, 2.24) is 14.5 Å². The molecule has 100 valence electrons. The third-order valence-electron chi connectivity index (χ3n) is 3.98. The summed E-state index contributed by atoms with van der Waals surface area (Å²) in [6.07, 6.45) is 1.62. The number of benzene rings is 1. The fourth-order valence-electron chi connectivity index (χ4n) is 2.97. The Balaban J connectivity index is 1.93. The summed E-state index contributed by atoms with van der Waals surface area (Å²) < 4.78 is 1.79. The van der Waals surface area contributed by atoms with Crippen molar-refractivity contribution < 1.29 is 4.79 Å². The fourth-order valence-corrected chi connectivity index (χ4v) is 2.97. The number of para-hydroxylation sites is 1. The number of anilines is 1. The number of fused-ring (bicyclic) bond motifs is 3. The van der Waals surface area contributed by atoms with Gasteiger partial charge in [-0.1, -0.05) is 18.2 Å². The van der Waals surface area contributed by atoms with Gasteiger partial charge in [0.2, 0.25) is 0 Å². The van der Waals surface area contributed by atoms with Gasteiger partial charge in [0.1, 0.15) is 0 Å². The molecule has 1 amide bonds. The largest absolute Gasteiger partial charge is 0.347 e. The standard InChI is InChI=1S/C15H14N4O/c1-9-14(17-8-16-9)18-10(2)13-7-11-5-3-4-6-12(11)19(13)15(18)20/h3-8,10H,1-2H3,(H,16,17). The minimum Gasteiger partial charge on any atom is -0.347 e. The molecule has 1 N–H and O–H groups in total. The predicted octanol–water partition coefficient (Wildman–Crippen LogP) is 3.22. The van der Waals surface area contributed by atoms with Crippen molar-refractivity contribution in [3.63, 3.8) is 0 Å². The van der Waals surface area contributed by atoms with Gasteiger partial charge in [0.25, 0.3) is 0 Å². The Hall–Kier alpha value is -2.56. The number of aryl methyl sites for hydroxylation is 1. The molecule has 1 unspecified atom stereocenters. The Morgan fingerprint density at radius 1 is 1.30 bits per heavy atom. The van der Waals surface area contributed by atoms with Gasteiger partial charge in [0, 0.05) is 5.39 Å². The summed E-state index contributed by atoms with van der Waals surface area (Å²) in [5.41, 5.74) is 2.87. The lowest BCUT2D eigenvalue weighted by Crippen LogP contribution is -2.29. The van der Waals surface area contributed by atoms with Crippen LogP contribution in [-0.2, 0) is 0 Å². The first-order chi connectivity index (χ1) is 9.68. The highest BCUT2D eigenvalue weighted by molar-refractivity contribution is 6.04. The van der Waals surface area contributed by atoms with E-state index in [1.807, 2.05) is 38.1 Å². The molecule has 4 rings (SSSR count). The van der Waals surface area contributed by atoms with Gasteiger partial charge in [-0.05, 0) is 26.0 Å². The van der Waals surface area contributed by atoms with Crippen LogP contribution >= 0.6 is 0 Å². The van der Waals surface area contributed by atoms with E-state index in [2.05, 4.69) is 16.0 Å². The molecule has 0 aliphatic carbocycles. The highest BCUT2D eigenvalue weighted by atomic mass is 16.2. The van der Waals surface area contributed by atoms with Crippen LogP contribution < -0.4 is 4.90 Å².